The van der Waals surface area contributed by atoms with Gasteiger partial charge in [-0.25, -0.2) is 4.39 Å². The first-order valence-electron chi connectivity index (χ1n) is 12.1. The van der Waals surface area contributed by atoms with Crippen molar-refractivity contribution in [1.82, 2.24) is 14.7 Å². The number of carbonyl (C=O) groups is 1. The number of nitrogens with zero attached hydrogens (tertiary/aromatic N) is 3. The second-order valence-corrected chi connectivity index (χ2v) is 9.57. The van der Waals surface area contributed by atoms with Crippen molar-refractivity contribution in [2.24, 2.45) is 0 Å². The monoisotopic (exact) mass is 423 g/mol. The Balaban J connectivity index is 1.43. The zero-order valence-electron chi connectivity index (χ0n) is 18.4. The van der Waals surface area contributed by atoms with Crippen molar-refractivity contribution in [3.8, 4) is 0 Å². The highest BCUT2D eigenvalue weighted by Gasteiger charge is 2.48. The molecule has 3 aliphatic heterocycles. The van der Waals surface area contributed by atoms with E-state index in [-0.39, 0.29) is 18.4 Å². The lowest BCUT2D eigenvalue weighted by Crippen LogP contribution is -2.52. The second kappa shape index (κ2) is 8.87. The molecule has 1 aromatic rings. The van der Waals surface area contributed by atoms with E-state index in [0.29, 0.717) is 5.57 Å². The average molecular weight is 424 g/mol. The van der Waals surface area contributed by atoms with Crippen LogP contribution in [0.4, 0.5) is 4.39 Å². The van der Waals surface area contributed by atoms with Crippen LogP contribution in [0.3, 0.4) is 0 Å². The fourth-order valence-electron chi connectivity index (χ4n) is 5.87. The Morgan fingerprint density at radius 3 is 2.39 bits per heavy atom. The first kappa shape index (κ1) is 20.9. The van der Waals surface area contributed by atoms with E-state index in [0.717, 1.165) is 76.1 Å². The second-order valence-electron chi connectivity index (χ2n) is 9.57. The lowest BCUT2D eigenvalue weighted by molar-refractivity contribution is -0.131. The van der Waals surface area contributed by atoms with Crippen LogP contribution >= 0.6 is 0 Å². The van der Waals surface area contributed by atoms with Gasteiger partial charge in [0.05, 0.1) is 5.57 Å². The molecule has 0 N–H and O–H groups in total. The van der Waals surface area contributed by atoms with E-state index in [1.807, 2.05) is 46.2 Å². The van der Waals surface area contributed by atoms with Crippen LogP contribution in [-0.2, 0) is 4.79 Å². The van der Waals surface area contributed by atoms with E-state index in [2.05, 4.69) is 4.90 Å². The number of allylic oxidation sites excluding steroid dienone is 2. The highest BCUT2D eigenvalue weighted by Crippen LogP contribution is 2.43. The minimum Gasteiger partial charge on any atom is -0.335 e. The molecule has 0 aromatic heterocycles. The SMILES string of the molecule is O=C(C1=CC=C(c2ccccc2)CC1(F)N1CCCC1)N1CCCC1CN1CCCC1. The van der Waals surface area contributed by atoms with Gasteiger partial charge in [-0.05, 0) is 68.8 Å². The summed E-state index contributed by atoms with van der Waals surface area (Å²) in [6, 6.07) is 10.2. The minimum atomic E-state index is -1.71. The molecule has 1 amide bonds. The highest BCUT2D eigenvalue weighted by molar-refractivity contribution is 5.97. The molecule has 0 saturated carbocycles. The zero-order chi connectivity index (χ0) is 21.3. The number of amides is 1. The Morgan fingerprint density at radius 2 is 1.65 bits per heavy atom. The standard InChI is InChI=1S/C26H34FN3O/c27-26(29-16-6-7-17-29)19-22(21-9-2-1-3-10-21)12-13-24(26)25(31)30-18-8-11-23(30)20-28-14-4-5-15-28/h1-3,9-10,12-13,23H,4-8,11,14-20H2. The molecule has 31 heavy (non-hydrogen) atoms. The molecule has 4 aliphatic rings. The number of rotatable bonds is 5. The molecular formula is C26H34FN3O. The van der Waals surface area contributed by atoms with E-state index in [1.165, 1.54) is 12.8 Å². The van der Waals surface area contributed by atoms with Gasteiger partial charge in [0, 0.05) is 38.6 Å². The van der Waals surface area contributed by atoms with Crippen molar-refractivity contribution < 1.29 is 9.18 Å². The molecule has 5 heteroatoms. The van der Waals surface area contributed by atoms with Gasteiger partial charge in [-0.15, -0.1) is 0 Å². The summed E-state index contributed by atoms with van der Waals surface area (Å²) in [5, 5.41) is 0. The van der Waals surface area contributed by atoms with Gasteiger partial charge in [0.2, 0.25) is 0 Å². The van der Waals surface area contributed by atoms with Crippen LogP contribution in [0.2, 0.25) is 0 Å². The predicted octanol–water partition coefficient (Wildman–Crippen LogP) is 4.25. The summed E-state index contributed by atoms with van der Waals surface area (Å²) in [6.07, 6.45) is 10.6. The van der Waals surface area contributed by atoms with E-state index >= 15 is 4.39 Å². The summed E-state index contributed by atoms with van der Waals surface area (Å²) < 4.78 is 16.9. The Hall–Kier alpha value is -1.98. The fourth-order valence-corrected chi connectivity index (χ4v) is 5.87. The number of carbonyl (C=O) groups excluding carboxylic acids is 1. The van der Waals surface area contributed by atoms with Gasteiger partial charge in [-0.3, -0.25) is 9.69 Å². The van der Waals surface area contributed by atoms with E-state index in [9.17, 15) is 4.79 Å². The average Bonchev–Trinajstić information content (AvgIpc) is 3.57. The number of likely N-dealkylation sites (tertiary alicyclic amines) is 3. The maximum absolute atomic E-state index is 16.9. The van der Waals surface area contributed by atoms with Crippen LogP contribution in [0.1, 0.15) is 50.5 Å². The maximum Gasteiger partial charge on any atom is 0.254 e. The summed E-state index contributed by atoms with van der Waals surface area (Å²) in [5.41, 5.74) is 2.36. The normalized spacial score (nSPS) is 30.0. The summed E-state index contributed by atoms with van der Waals surface area (Å²) in [4.78, 5) is 20.1. The van der Waals surface area contributed by atoms with Gasteiger partial charge in [-0.1, -0.05) is 36.4 Å². The molecule has 166 valence electrons. The fraction of sp³-hybridized carbons (Fsp3) is 0.577. The van der Waals surface area contributed by atoms with Crippen LogP contribution in [0.5, 0.6) is 0 Å². The highest BCUT2D eigenvalue weighted by atomic mass is 19.1. The number of benzene rings is 1. The van der Waals surface area contributed by atoms with Gasteiger partial charge >= 0.3 is 0 Å². The summed E-state index contributed by atoms with van der Waals surface area (Å²) in [7, 11) is 0. The molecule has 0 bridgehead atoms. The Morgan fingerprint density at radius 1 is 0.935 bits per heavy atom. The predicted molar refractivity (Wildman–Crippen MR) is 122 cm³/mol. The van der Waals surface area contributed by atoms with Gasteiger partial charge in [-0.2, -0.15) is 0 Å². The van der Waals surface area contributed by atoms with Gasteiger partial charge in [0.15, 0.2) is 5.79 Å². The molecule has 0 radical (unpaired) electrons. The van der Waals surface area contributed by atoms with Crippen molar-refractivity contribution >= 4 is 11.5 Å². The maximum atomic E-state index is 16.9. The number of alkyl halides is 1. The van der Waals surface area contributed by atoms with Crippen LogP contribution < -0.4 is 0 Å². The smallest absolute Gasteiger partial charge is 0.254 e. The van der Waals surface area contributed by atoms with E-state index in [1.54, 1.807) is 6.08 Å². The number of hydrogen-bond donors (Lipinski definition) is 0. The van der Waals surface area contributed by atoms with Crippen LogP contribution in [0, 0.1) is 0 Å². The molecule has 3 fully saturated rings. The zero-order valence-corrected chi connectivity index (χ0v) is 18.4. The van der Waals surface area contributed by atoms with E-state index in [4.69, 9.17) is 0 Å². The van der Waals surface area contributed by atoms with Crippen molar-refractivity contribution in [3.05, 3.63) is 53.6 Å². The van der Waals surface area contributed by atoms with Crippen LogP contribution in [0.25, 0.3) is 5.57 Å². The molecular weight excluding hydrogens is 389 g/mol. The molecule has 0 spiro atoms. The largest absolute Gasteiger partial charge is 0.335 e. The summed E-state index contributed by atoms with van der Waals surface area (Å²) >= 11 is 0. The molecule has 2 unspecified atom stereocenters. The van der Waals surface area contributed by atoms with E-state index < -0.39 is 5.79 Å². The topological polar surface area (TPSA) is 26.8 Å². The first-order chi connectivity index (χ1) is 15.1. The van der Waals surface area contributed by atoms with Crippen molar-refractivity contribution in [3.63, 3.8) is 0 Å². The quantitative estimate of drug-likeness (QED) is 0.663. The van der Waals surface area contributed by atoms with Crippen molar-refractivity contribution in [2.45, 2.75) is 56.8 Å². The first-order valence-corrected chi connectivity index (χ1v) is 12.1. The third kappa shape index (κ3) is 4.10. The molecule has 5 rings (SSSR count). The van der Waals surface area contributed by atoms with Gasteiger partial charge < -0.3 is 9.80 Å². The molecule has 4 nitrogen and oxygen atoms in total. The number of halogens is 1. The Kier molecular flexibility index (Phi) is 5.98. The Bertz CT molecular complexity index is 855. The summed E-state index contributed by atoms with van der Waals surface area (Å²) in [5.74, 6) is -1.80. The van der Waals surface area contributed by atoms with Crippen molar-refractivity contribution in [2.75, 3.05) is 39.3 Å². The third-order valence-electron chi connectivity index (χ3n) is 7.58. The molecule has 3 saturated heterocycles. The Labute approximate surface area is 185 Å². The van der Waals surface area contributed by atoms with Crippen molar-refractivity contribution in [1.29, 1.82) is 0 Å². The lowest BCUT2D eigenvalue weighted by atomic mass is 9.85. The van der Waals surface area contributed by atoms with Gasteiger partial charge in [0.1, 0.15) is 0 Å². The van der Waals surface area contributed by atoms with Crippen LogP contribution in [0.15, 0.2) is 48.1 Å². The third-order valence-corrected chi connectivity index (χ3v) is 7.58. The lowest BCUT2D eigenvalue weighted by Gasteiger charge is -2.40. The number of hydrogen-bond acceptors (Lipinski definition) is 3. The summed E-state index contributed by atoms with van der Waals surface area (Å²) in [6.45, 7) is 5.39. The molecule has 1 aliphatic carbocycles. The van der Waals surface area contributed by atoms with Crippen LogP contribution in [-0.4, -0.2) is 71.7 Å². The molecule has 3 heterocycles. The molecule has 1 aromatic carbocycles. The molecule has 2 atom stereocenters. The minimum absolute atomic E-state index is 0.0838. The van der Waals surface area contributed by atoms with Gasteiger partial charge in [0.25, 0.3) is 5.91 Å².